The van der Waals surface area contributed by atoms with Crippen LogP contribution < -0.4 is 4.74 Å². The van der Waals surface area contributed by atoms with Crippen molar-refractivity contribution in [2.75, 3.05) is 7.11 Å². The molecule has 0 fully saturated rings. The Labute approximate surface area is 148 Å². The molecule has 0 spiro atoms. The summed E-state index contributed by atoms with van der Waals surface area (Å²) in [6.07, 6.45) is 0. The molecule has 0 unspecified atom stereocenters. The van der Waals surface area contributed by atoms with Gasteiger partial charge in [-0.05, 0) is 24.3 Å². The summed E-state index contributed by atoms with van der Waals surface area (Å²) >= 11 is 3.04. The van der Waals surface area contributed by atoms with Crippen molar-refractivity contribution >= 4 is 29.1 Å². The van der Waals surface area contributed by atoms with Gasteiger partial charge in [0.25, 0.3) is 0 Å². The van der Waals surface area contributed by atoms with E-state index in [0.29, 0.717) is 11.3 Å². The Morgan fingerprint density at radius 1 is 1.21 bits per heavy atom. The number of ether oxygens (including phenoxy) is 1. The summed E-state index contributed by atoms with van der Waals surface area (Å²) in [5.74, 6) is 0.509. The molecule has 1 N–H and O–H groups in total. The zero-order valence-corrected chi connectivity index (χ0v) is 14.6. The molecular formula is C18H15NO3S2. The van der Waals surface area contributed by atoms with Crippen LogP contribution in [0.4, 0.5) is 0 Å². The summed E-state index contributed by atoms with van der Waals surface area (Å²) in [5.41, 5.74) is 2.15. The molecule has 0 aliphatic carbocycles. The van der Waals surface area contributed by atoms with Crippen LogP contribution in [0.2, 0.25) is 0 Å². The number of rotatable bonds is 6. The summed E-state index contributed by atoms with van der Waals surface area (Å²) in [7, 11) is 1.64. The fourth-order valence-corrected chi connectivity index (χ4v) is 4.12. The molecule has 4 nitrogen and oxygen atoms in total. The van der Waals surface area contributed by atoms with Gasteiger partial charge >= 0.3 is 5.97 Å². The van der Waals surface area contributed by atoms with Gasteiger partial charge in [0, 0.05) is 15.8 Å². The Hall–Kier alpha value is -2.31. The highest BCUT2D eigenvalue weighted by molar-refractivity contribution is 7.98. The number of methoxy groups -OCH3 is 1. The molecule has 122 valence electrons. The van der Waals surface area contributed by atoms with Gasteiger partial charge in [0.15, 0.2) is 0 Å². The van der Waals surface area contributed by atoms with E-state index >= 15 is 0 Å². The minimum atomic E-state index is -0.910. The van der Waals surface area contributed by atoms with Crippen molar-refractivity contribution in [1.29, 1.82) is 0 Å². The minimum absolute atomic E-state index is 0.323. The van der Waals surface area contributed by atoms with Crippen molar-refractivity contribution in [3.05, 3.63) is 64.5 Å². The number of carbonyl (C=O) groups is 1. The average Bonchev–Trinajstić information content (AvgIpc) is 3.09. The van der Waals surface area contributed by atoms with Crippen molar-refractivity contribution < 1.29 is 14.6 Å². The van der Waals surface area contributed by atoms with Gasteiger partial charge in [-0.15, -0.1) is 23.1 Å². The maximum Gasteiger partial charge on any atom is 0.336 e. The van der Waals surface area contributed by atoms with Crippen LogP contribution >= 0.6 is 23.1 Å². The van der Waals surface area contributed by atoms with E-state index in [1.165, 1.54) is 11.8 Å². The van der Waals surface area contributed by atoms with Gasteiger partial charge < -0.3 is 9.84 Å². The van der Waals surface area contributed by atoms with E-state index < -0.39 is 5.97 Å². The van der Waals surface area contributed by atoms with Gasteiger partial charge in [0.2, 0.25) is 0 Å². The summed E-state index contributed by atoms with van der Waals surface area (Å²) in [6.45, 7) is 0. The van der Waals surface area contributed by atoms with Crippen molar-refractivity contribution in [3.8, 4) is 17.0 Å². The molecular weight excluding hydrogens is 342 g/mol. The van der Waals surface area contributed by atoms with Crippen molar-refractivity contribution in [1.82, 2.24) is 4.98 Å². The number of hydrogen-bond acceptors (Lipinski definition) is 5. The monoisotopic (exact) mass is 357 g/mol. The van der Waals surface area contributed by atoms with Crippen LogP contribution in [0.15, 0.2) is 58.8 Å². The number of benzene rings is 2. The van der Waals surface area contributed by atoms with E-state index in [1.807, 2.05) is 41.8 Å². The van der Waals surface area contributed by atoms with Crippen LogP contribution in [0.1, 0.15) is 15.4 Å². The Morgan fingerprint density at radius 2 is 1.96 bits per heavy atom. The van der Waals surface area contributed by atoms with Gasteiger partial charge in [-0.1, -0.05) is 24.3 Å². The van der Waals surface area contributed by atoms with Crippen LogP contribution in [0, 0.1) is 0 Å². The highest BCUT2D eigenvalue weighted by Crippen LogP contribution is 2.33. The van der Waals surface area contributed by atoms with Gasteiger partial charge in [-0.2, -0.15) is 0 Å². The summed E-state index contributed by atoms with van der Waals surface area (Å²) in [4.78, 5) is 16.7. The van der Waals surface area contributed by atoms with E-state index in [1.54, 1.807) is 30.6 Å². The molecule has 0 aliphatic heterocycles. The number of thiazole rings is 1. The highest BCUT2D eigenvalue weighted by Gasteiger charge is 2.12. The SMILES string of the molecule is COc1ccccc1-c1csc(CSc2ccccc2C(=O)O)n1. The number of para-hydroxylation sites is 1. The molecule has 2 aromatic carbocycles. The van der Waals surface area contributed by atoms with Gasteiger partial charge in [0.1, 0.15) is 10.8 Å². The number of aromatic carboxylic acids is 1. The van der Waals surface area contributed by atoms with Crippen LogP contribution in [-0.2, 0) is 5.75 Å². The summed E-state index contributed by atoms with van der Waals surface area (Å²) in [6, 6.07) is 14.8. The second-order valence-electron chi connectivity index (χ2n) is 4.92. The lowest BCUT2D eigenvalue weighted by atomic mass is 10.1. The van der Waals surface area contributed by atoms with Crippen LogP contribution in [-0.4, -0.2) is 23.2 Å². The standard InChI is InChI=1S/C18H15NO3S2/c1-22-15-8-4-2-6-12(15)14-10-24-17(19-14)11-23-16-9-5-3-7-13(16)18(20)21/h2-10H,11H2,1H3,(H,20,21). The fourth-order valence-electron chi connectivity index (χ4n) is 2.27. The first-order valence-corrected chi connectivity index (χ1v) is 9.08. The third kappa shape index (κ3) is 3.60. The summed E-state index contributed by atoms with van der Waals surface area (Å²) < 4.78 is 5.37. The highest BCUT2D eigenvalue weighted by atomic mass is 32.2. The van der Waals surface area contributed by atoms with Gasteiger partial charge in [0.05, 0.1) is 24.1 Å². The average molecular weight is 357 g/mol. The topological polar surface area (TPSA) is 59.4 Å². The van der Waals surface area contributed by atoms with E-state index in [0.717, 1.165) is 26.9 Å². The predicted octanol–water partition coefficient (Wildman–Crippen LogP) is 4.81. The maximum absolute atomic E-state index is 11.3. The smallest absolute Gasteiger partial charge is 0.336 e. The van der Waals surface area contributed by atoms with Crippen LogP contribution in [0.5, 0.6) is 5.75 Å². The van der Waals surface area contributed by atoms with Crippen molar-refractivity contribution in [2.45, 2.75) is 10.6 Å². The van der Waals surface area contributed by atoms with Gasteiger partial charge in [-0.3, -0.25) is 0 Å². The first-order valence-electron chi connectivity index (χ1n) is 7.22. The quantitative estimate of drug-likeness (QED) is 0.642. The zero-order valence-electron chi connectivity index (χ0n) is 12.9. The predicted molar refractivity (Wildman–Crippen MR) is 97.1 cm³/mol. The van der Waals surface area contributed by atoms with E-state index in [4.69, 9.17) is 4.74 Å². The third-order valence-electron chi connectivity index (χ3n) is 3.40. The molecule has 0 bridgehead atoms. The molecule has 6 heteroatoms. The van der Waals surface area contributed by atoms with Gasteiger partial charge in [-0.25, -0.2) is 9.78 Å². The molecule has 3 rings (SSSR count). The lowest BCUT2D eigenvalue weighted by Gasteiger charge is -2.05. The largest absolute Gasteiger partial charge is 0.496 e. The first kappa shape index (κ1) is 16.5. The molecule has 3 aromatic rings. The van der Waals surface area contributed by atoms with E-state index in [9.17, 15) is 9.90 Å². The molecule has 1 heterocycles. The normalized spacial score (nSPS) is 10.5. The molecule has 0 amide bonds. The second-order valence-corrected chi connectivity index (χ2v) is 6.88. The molecule has 0 saturated carbocycles. The molecule has 1 aromatic heterocycles. The number of carboxylic acids is 1. The minimum Gasteiger partial charge on any atom is -0.496 e. The Morgan fingerprint density at radius 3 is 2.75 bits per heavy atom. The fraction of sp³-hybridized carbons (Fsp3) is 0.111. The van der Waals surface area contributed by atoms with Crippen LogP contribution in [0.25, 0.3) is 11.3 Å². The first-order chi connectivity index (χ1) is 11.7. The second kappa shape index (κ2) is 7.51. The molecule has 0 radical (unpaired) electrons. The number of carboxylic acid groups (broad SMARTS) is 1. The van der Waals surface area contributed by atoms with Crippen molar-refractivity contribution in [3.63, 3.8) is 0 Å². The Kier molecular flexibility index (Phi) is 5.17. The summed E-state index contributed by atoms with van der Waals surface area (Å²) in [5, 5.41) is 12.2. The maximum atomic E-state index is 11.3. The Balaban J connectivity index is 1.77. The van der Waals surface area contributed by atoms with E-state index in [2.05, 4.69) is 4.98 Å². The number of aromatic nitrogens is 1. The molecule has 0 aliphatic rings. The lowest BCUT2D eigenvalue weighted by molar-refractivity contribution is 0.0693. The van der Waals surface area contributed by atoms with Crippen LogP contribution in [0.3, 0.4) is 0 Å². The third-order valence-corrected chi connectivity index (χ3v) is 5.52. The molecule has 24 heavy (non-hydrogen) atoms. The Bertz CT molecular complexity index is 861. The molecule has 0 atom stereocenters. The number of thioether (sulfide) groups is 1. The molecule has 0 saturated heterocycles. The van der Waals surface area contributed by atoms with E-state index in [-0.39, 0.29) is 0 Å². The number of hydrogen-bond donors (Lipinski definition) is 1. The number of nitrogens with zero attached hydrogens (tertiary/aromatic N) is 1. The zero-order chi connectivity index (χ0) is 16.9. The lowest BCUT2D eigenvalue weighted by Crippen LogP contribution is -1.98. The van der Waals surface area contributed by atoms with Crippen molar-refractivity contribution in [2.24, 2.45) is 0 Å².